The molecule has 1 unspecified atom stereocenters. The van der Waals surface area contributed by atoms with Crippen molar-refractivity contribution >= 4 is 17.8 Å². The molecule has 1 aliphatic heterocycles. The third kappa shape index (κ3) is 3.52. The van der Waals surface area contributed by atoms with Gasteiger partial charge in [-0.3, -0.25) is 0 Å². The van der Waals surface area contributed by atoms with Crippen LogP contribution in [0.4, 0.5) is 4.79 Å². The van der Waals surface area contributed by atoms with Crippen LogP contribution in [0.25, 0.3) is 0 Å². The minimum absolute atomic E-state index is 0.0442. The Morgan fingerprint density at radius 3 is 2.74 bits per heavy atom. The summed E-state index contributed by atoms with van der Waals surface area (Å²) in [7, 11) is 0. The lowest BCUT2D eigenvalue weighted by molar-refractivity contribution is 0.182. The maximum Gasteiger partial charge on any atom is 0.317 e. The fourth-order valence-corrected chi connectivity index (χ4v) is 5.54. The zero-order chi connectivity index (χ0) is 16.4. The minimum Gasteiger partial charge on any atom is -0.361 e. The molecule has 128 valence electrons. The van der Waals surface area contributed by atoms with Crippen molar-refractivity contribution in [2.75, 3.05) is 18.8 Å². The quantitative estimate of drug-likeness (QED) is 0.891. The summed E-state index contributed by atoms with van der Waals surface area (Å²) >= 11 is 2.08. The fourth-order valence-electron chi connectivity index (χ4n) is 3.97. The molecule has 6 heteroatoms. The van der Waals surface area contributed by atoms with E-state index in [1.54, 1.807) is 0 Å². The van der Waals surface area contributed by atoms with Crippen LogP contribution in [-0.2, 0) is 0 Å². The number of urea groups is 1. The number of amides is 2. The van der Waals surface area contributed by atoms with Gasteiger partial charge in [-0.05, 0) is 33.6 Å². The number of rotatable bonds is 2. The van der Waals surface area contributed by atoms with E-state index in [0.717, 1.165) is 35.9 Å². The molecule has 1 aliphatic carbocycles. The van der Waals surface area contributed by atoms with Crippen molar-refractivity contribution in [1.82, 2.24) is 15.4 Å². The molecule has 2 amide bonds. The van der Waals surface area contributed by atoms with Gasteiger partial charge < -0.3 is 14.7 Å². The maximum absolute atomic E-state index is 12.7. The first kappa shape index (κ1) is 16.7. The van der Waals surface area contributed by atoms with Crippen molar-refractivity contribution in [2.45, 2.75) is 63.7 Å². The van der Waals surface area contributed by atoms with Gasteiger partial charge in [0.25, 0.3) is 0 Å². The monoisotopic (exact) mass is 337 g/mol. The first-order chi connectivity index (χ1) is 11.0. The van der Waals surface area contributed by atoms with Crippen molar-refractivity contribution in [3.63, 3.8) is 0 Å². The van der Waals surface area contributed by atoms with E-state index in [4.69, 9.17) is 4.52 Å². The summed E-state index contributed by atoms with van der Waals surface area (Å²) in [5.41, 5.74) is 1.85. The predicted molar refractivity (Wildman–Crippen MR) is 92.8 cm³/mol. The Morgan fingerprint density at radius 2 is 2.09 bits per heavy atom. The van der Waals surface area contributed by atoms with Crippen LogP contribution in [0.5, 0.6) is 0 Å². The number of nitrogens with zero attached hydrogens (tertiary/aromatic N) is 2. The van der Waals surface area contributed by atoms with E-state index in [2.05, 4.69) is 22.2 Å². The Bertz CT molecular complexity index is 541. The summed E-state index contributed by atoms with van der Waals surface area (Å²) in [6.07, 6.45) is 6.45. The first-order valence-electron chi connectivity index (χ1n) is 8.63. The smallest absolute Gasteiger partial charge is 0.317 e. The summed E-state index contributed by atoms with van der Waals surface area (Å²) in [5, 5.41) is 7.12. The molecule has 1 spiro atoms. The van der Waals surface area contributed by atoms with Crippen LogP contribution in [0.15, 0.2) is 4.52 Å². The normalized spacial score (nSPS) is 22.1. The van der Waals surface area contributed by atoms with Gasteiger partial charge in [0, 0.05) is 29.2 Å². The highest BCUT2D eigenvalue weighted by Gasteiger charge is 2.39. The molecule has 3 rings (SSSR count). The molecular weight excluding hydrogens is 310 g/mol. The van der Waals surface area contributed by atoms with E-state index in [9.17, 15) is 4.79 Å². The third-order valence-corrected chi connectivity index (χ3v) is 6.70. The summed E-state index contributed by atoms with van der Waals surface area (Å²) in [4.78, 5) is 14.7. The van der Waals surface area contributed by atoms with Crippen LogP contribution in [0.1, 0.15) is 62.1 Å². The second-order valence-electron chi connectivity index (χ2n) is 6.92. The Balaban J connectivity index is 1.63. The number of hydrogen-bond acceptors (Lipinski definition) is 4. The maximum atomic E-state index is 12.7. The van der Waals surface area contributed by atoms with E-state index in [1.165, 1.54) is 32.1 Å². The largest absolute Gasteiger partial charge is 0.361 e. The highest BCUT2D eigenvalue weighted by molar-refractivity contribution is 8.00. The van der Waals surface area contributed by atoms with Crippen LogP contribution in [0.3, 0.4) is 0 Å². The molecule has 1 saturated heterocycles. The Morgan fingerprint density at radius 1 is 1.35 bits per heavy atom. The number of carbonyl (C=O) groups is 1. The van der Waals surface area contributed by atoms with Gasteiger partial charge in [-0.15, -0.1) is 0 Å². The standard InChI is InChI=1S/C17H27N3O2S/c1-12(15-13(2)19-22-14(15)3)18-16(21)20-9-10-23-17(11-20)7-5-4-6-8-17/h12H,4-11H2,1-3H3,(H,18,21). The summed E-state index contributed by atoms with van der Waals surface area (Å²) < 4.78 is 5.52. The van der Waals surface area contributed by atoms with Crippen molar-refractivity contribution in [1.29, 1.82) is 0 Å². The third-order valence-electron chi connectivity index (χ3n) is 5.16. The van der Waals surface area contributed by atoms with Gasteiger partial charge >= 0.3 is 6.03 Å². The van der Waals surface area contributed by atoms with Crippen molar-refractivity contribution in [2.24, 2.45) is 0 Å². The van der Waals surface area contributed by atoms with Gasteiger partial charge in [-0.25, -0.2) is 4.79 Å². The first-order valence-corrected chi connectivity index (χ1v) is 9.61. The molecule has 1 saturated carbocycles. The van der Waals surface area contributed by atoms with Crippen molar-refractivity contribution in [3.8, 4) is 0 Å². The second-order valence-corrected chi connectivity index (χ2v) is 8.49. The average Bonchev–Trinajstić information content (AvgIpc) is 2.87. The molecule has 2 fully saturated rings. The van der Waals surface area contributed by atoms with Crippen LogP contribution >= 0.6 is 11.8 Å². The minimum atomic E-state index is -0.0781. The number of thioether (sulfide) groups is 1. The Kier molecular flexibility index (Phi) is 4.90. The lowest BCUT2D eigenvalue weighted by Crippen LogP contribution is -2.53. The number of aryl methyl sites for hydroxylation is 2. The van der Waals surface area contributed by atoms with E-state index < -0.39 is 0 Å². The molecule has 1 aromatic heterocycles. The van der Waals surface area contributed by atoms with Crippen LogP contribution in [0, 0.1) is 13.8 Å². The lowest BCUT2D eigenvalue weighted by Gasteiger charge is -2.44. The molecule has 1 aromatic rings. The van der Waals surface area contributed by atoms with Gasteiger partial charge in [0.05, 0.1) is 11.7 Å². The van der Waals surface area contributed by atoms with Gasteiger partial charge in [-0.2, -0.15) is 11.8 Å². The second kappa shape index (κ2) is 6.75. The number of aromatic nitrogens is 1. The molecule has 0 aromatic carbocycles. The Hall–Kier alpha value is -1.17. The summed E-state index contributed by atoms with van der Waals surface area (Å²) in [5.74, 6) is 1.83. The molecule has 5 nitrogen and oxygen atoms in total. The molecular formula is C17H27N3O2S. The number of nitrogens with one attached hydrogen (secondary N) is 1. The average molecular weight is 337 g/mol. The van der Waals surface area contributed by atoms with Crippen molar-refractivity contribution < 1.29 is 9.32 Å². The van der Waals surface area contributed by atoms with Gasteiger partial charge in [0.15, 0.2) is 0 Å². The van der Waals surface area contributed by atoms with E-state index in [-0.39, 0.29) is 12.1 Å². The molecule has 1 atom stereocenters. The van der Waals surface area contributed by atoms with Crippen LogP contribution in [0.2, 0.25) is 0 Å². The van der Waals surface area contributed by atoms with Gasteiger partial charge in [0.1, 0.15) is 5.76 Å². The summed E-state index contributed by atoms with van der Waals surface area (Å²) in [6, 6.07) is -0.0339. The molecule has 23 heavy (non-hydrogen) atoms. The zero-order valence-electron chi connectivity index (χ0n) is 14.4. The molecule has 1 N–H and O–H groups in total. The molecule has 0 bridgehead atoms. The molecule has 2 heterocycles. The SMILES string of the molecule is Cc1noc(C)c1C(C)NC(=O)N1CCSC2(CCCCC2)C1. The number of hydrogen-bond donors (Lipinski definition) is 1. The Labute approximate surface area is 142 Å². The topological polar surface area (TPSA) is 58.4 Å². The van der Waals surface area contributed by atoms with E-state index in [1.807, 2.05) is 25.7 Å². The van der Waals surface area contributed by atoms with Gasteiger partial charge in [0.2, 0.25) is 0 Å². The van der Waals surface area contributed by atoms with Crippen LogP contribution in [-0.4, -0.2) is 39.7 Å². The van der Waals surface area contributed by atoms with Crippen molar-refractivity contribution in [3.05, 3.63) is 17.0 Å². The number of carbonyl (C=O) groups excluding carboxylic acids is 1. The molecule has 0 radical (unpaired) electrons. The highest BCUT2D eigenvalue weighted by Crippen LogP contribution is 2.42. The van der Waals surface area contributed by atoms with E-state index >= 15 is 0 Å². The predicted octanol–water partition coefficient (Wildman–Crippen LogP) is 3.81. The van der Waals surface area contributed by atoms with E-state index in [0.29, 0.717) is 4.75 Å². The highest BCUT2D eigenvalue weighted by atomic mass is 32.2. The summed E-state index contributed by atoms with van der Waals surface area (Å²) in [6.45, 7) is 7.54. The van der Waals surface area contributed by atoms with Crippen LogP contribution < -0.4 is 5.32 Å². The van der Waals surface area contributed by atoms with Gasteiger partial charge in [-0.1, -0.05) is 24.4 Å². The zero-order valence-corrected chi connectivity index (χ0v) is 15.2. The fraction of sp³-hybridized carbons (Fsp3) is 0.765. The molecule has 2 aliphatic rings. The lowest BCUT2D eigenvalue weighted by atomic mass is 9.87.